The molecule has 1 aromatic rings. The van der Waals surface area contributed by atoms with Gasteiger partial charge < -0.3 is 20.5 Å². The second-order valence-corrected chi connectivity index (χ2v) is 5.31. The topological polar surface area (TPSA) is 102 Å². The number of piperidine rings is 1. The van der Waals surface area contributed by atoms with Crippen molar-refractivity contribution >= 4 is 23.8 Å². The van der Waals surface area contributed by atoms with Crippen LogP contribution in [0, 0.1) is 10.1 Å². The molecule has 7 nitrogen and oxygen atoms in total. The minimum absolute atomic E-state index is 0. The summed E-state index contributed by atoms with van der Waals surface area (Å²) in [5, 5.41) is 20.6. The maximum Gasteiger partial charge on any atom is 0.271 e. The van der Waals surface area contributed by atoms with E-state index in [0.717, 1.165) is 13.1 Å². The largest absolute Gasteiger partial charge is 0.489 e. The third-order valence-electron chi connectivity index (χ3n) is 3.55. The first-order valence-corrected chi connectivity index (χ1v) is 7.13. The molecular weight excluding hydrogens is 310 g/mol. The number of aliphatic hydroxyl groups is 1. The van der Waals surface area contributed by atoms with E-state index in [1.807, 2.05) is 0 Å². The molecule has 22 heavy (non-hydrogen) atoms. The lowest BCUT2D eigenvalue weighted by Crippen LogP contribution is -2.38. The maximum atomic E-state index is 10.6. The number of aliphatic hydroxyl groups excluding tert-OH is 1. The summed E-state index contributed by atoms with van der Waals surface area (Å²) in [6.07, 6.45) is 2.99. The van der Waals surface area contributed by atoms with Gasteiger partial charge in [0.1, 0.15) is 18.5 Å². The van der Waals surface area contributed by atoms with E-state index in [4.69, 9.17) is 10.5 Å². The molecule has 0 amide bonds. The van der Waals surface area contributed by atoms with Gasteiger partial charge in [0.05, 0.1) is 10.6 Å². The maximum absolute atomic E-state index is 10.6. The summed E-state index contributed by atoms with van der Waals surface area (Å²) in [6.45, 7) is 2.72. The highest BCUT2D eigenvalue weighted by atomic mass is 35.5. The molecule has 0 saturated carbocycles. The summed E-state index contributed by atoms with van der Waals surface area (Å²) in [6, 6.07) is 4.05. The summed E-state index contributed by atoms with van der Waals surface area (Å²) < 4.78 is 5.45. The van der Waals surface area contributed by atoms with Crippen LogP contribution >= 0.6 is 12.4 Å². The van der Waals surface area contributed by atoms with Crippen molar-refractivity contribution in [1.82, 2.24) is 4.90 Å². The van der Waals surface area contributed by atoms with E-state index in [2.05, 4.69) is 4.90 Å². The van der Waals surface area contributed by atoms with Gasteiger partial charge in [0, 0.05) is 18.7 Å². The van der Waals surface area contributed by atoms with Gasteiger partial charge in [0.2, 0.25) is 0 Å². The number of nitrogen functional groups attached to an aromatic ring is 1. The number of halogens is 1. The van der Waals surface area contributed by atoms with Crippen molar-refractivity contribution in [3.8, 4) is 5.75 Å². The lowest BCUT2D eigenvalue weighted by molar-refractivity contribution is -0.384. The van der Waals surface area contributed by atoms with Crippen molar-refractivity contribution in [2.24, 2.45) is 0 Å². The molecule has 1 aliphatic heterocycles. The Labute approximate surface area is 135 Å². The number of benzene rings is 1. The highest BCUT2D eigenvalue weighted by Crippen LogP contribution is 2.26. The van der Waals surface area contributed by atoms with Gasteiger partial charge >= 0.3 is 0 Å². The Bertz CT molecular complexity index is 495. The van der Waals surface area contributed by atoms with Gasteiger partial charge in [-0.1, -0.05) is 6.42 Å². The molecule has 1 fully saturated rings. The highest BCUT2D eigenvalue weighted by Gasteiger charge is 2.16. The van der Waals surface area contributed by atoms with E-state index in [9.17, 15) is 15.2 Å². The number of likely N-dealkylation sites (tertiary alicyclic amines) is 1. The zero-order valence-corrected chi connectivity index (χ0v) is 13.1. The fourth-order valence-electron chi connectivity index (χ4n) is 2.46. The number of nitrogens with two attached hydrogens (primary N) is 1. The predicted octanol–water partition coefficient (Wildman–Crippen LogP) is 1.82. The van der Waals surface area contributed by atoms with E-state index < -0.39 is 11.0 Å². The van der Waals surface area contributed by atoms with E-state index in [-0.39, 0.29) is 30.4 Å². The van der Waals surface area contributed by atoms with Gasteiger partial charge in [-0.25, -0.2) is 0 Å². The van der Waals surface area contributed by atoms with Crippen molar-refractivity contribution in [3.05, 3.63) is 28.3 Å². The Morgan fingerprint density at radius 1 is 1.36 bits per heavy atom. The zero-order chi connectivity index (χ0) is 15.2. The smallest absolute Gasteiger partial charge is 0.271 e. The van der Waals surface area contributed by atoms with Crippen LogP contribution in [0.5, 0.6) is 5.75 Å². The van der Waals surface area contributed by atoms with Crippen LogP contribution in [-0.2, 0) is 0 Å². The van der Waals surface area contributed by atoms with Crippen molar-refractivity contribution in [1.29, 1.82) is 0 Å². The molecule has 0 aliphatic carbocycles. The van der Waals surface area contributed by atoms with Crippen LogP contribution in [-0.4, -0.2) is 47.3 Å². The predicted molar refractivity (Wildman–Crippen MR) is 86.5 cm³/mol. The number of nitrogens with zero attached hydrogens (tertiary/aromatic N) is 2. The molecule has 1 unspecified atom stereocenters. The van der Waals surface area contributed by atoms with Crippen LogP contribution in [0.3, 0.4) is 0 Å². The summed E-state index contributed by atoms with van der Waals surface area (Å²) in [5.41, 5.74) is 5.84. The molecule has 3 N–H and O–H groups in total. The fourth-order valence-corrected chi connectivity index (χ4v) is 2.46. The molecule has 0 bridgehead atoms. The van der Waals surface area contributed by atoms with Crippen LogP contribution in [0.25, 0.3) is 0 Å². The summed E-state index contributed by atoms with van der Waals surface area (Å²) in [7, 11) is 0. The normalized spacial score (nSPS) is 16.6. The van der Waals surface area contributed by atoms with Gasteiger partial charge in [-0.15, -0.1) is 12.4 Å². The highest BCUT2D eigenvalue weighted by molar-refractivity contribution is 5.85. The Kier molecular flexibility index (Phi) is 7.37. The monoisotopic (exact) mass is 331 g/mol. The number of ether oxygens (including phenoxy) is 1. The lowest BCUT2D eigenvalue weighted by Gasteiger charge is -2.28. The van der Waals surface area contributed by atoms with E-state index in [1.165, 1.54) is 37.5 Å². The van der Waals surface area contributed by atoms with Gasteiger partial charge in [-0.05, 0) is 32.0 Å². The van der Waals surface area contributed by atoms with Crippen LogP contribution < -0.4 is 10.5 Å². The zero-order valence-electron chi connectivity index (χ0n) is 12.3. The Morgan fingerprint density at radius 3 is 2.64 bits per heavy atom. The molecular formula is C14H22ClN3O4. The second kappa shape index (κ2) is 8.77. The fraction of sp³-hybridized carbons (Fsp3) is 0.571. The minimum Gasteiger partial charge on any atom is -0.489 e. The number of hydrogen-bond donors (Lipinski definition) is 2. The first-order chi connectivity index (χ1) is 10.1. The Morgan fingerprint density at radius 2 is 2.05 bits per heavy atom. The van der Waals surface area contributed by atoms with Crippen LogP contribution in [0.4, 0.5) is 11.4 Å². The van der Waals surface area contributed by atoms with Gasteiger partial charge in [-0.2, -0.15) is 0 Å². The Hall–Kier alpha value is -1.57. The number of rotatable bonds is 6. The standard InChI is InChI=1S/C14H21N3O4.ClH/c15-13-8-11(17(19)20)4-5-14(13)21-10-12(18)9-16-6-2-1-3-7-16;/h4-5,8,12,18H,1-3,6-7,9-10,15H2;1H. The van der Waals surface area contributed by atoms with Crippen LogP contribution in [0.15, 0.2) is 18.2 Å². The number of anilines is 1. The number of hydrogen-bond acceptors (Lipinski definition) is 6. The summed E-state index contributed by atoms with van der Waals surface area (Å²) in [4.78, 5) is 12.3. The molecule has 1 saturated heterocycles. The molecule has 0 spiro atoms. The van der Waals surface area contributed by atoms with Crippen molar-refractivity contribution in [2.45, 2.75) is 25.4 Å². The van der Waals surface area contributed by atoms with Crippen molar-refractivity contribution < 1.29 is 14.8 Å². The third kappa shape index (κ3) is 5.32. The van der Waals surface area contributed by atoms with Crippen molar-refractivity contribution in [3.63, 3.8) is 0 Å². The van der Waals surface area contributed by atoms with Gasteiger partial charge in [-0.3, -0.25) is 10.1 Å². The first kappa shape index (κ1) is 18.5. The molecule has 2 rings (SSSR count). The molecule has 1 heterocycles. The van der Waals surface area contributed by atoms with Crippen molar-refractivity contribution in [2.75, 3.05) is 32.0 Å². The number of nitro benzene ring substituents is 1. The summed E-state index contributed by atoms with van der Waals surface area (Å²) in [5.74, 6) is 0.360. The Balaban J connectivity index is 0.00000242. The number of nitro groups is 1. The average molecular weight is 332 g/mol. The SMILES string of the molecule is Cl.Nc1cc([N+](=O)[O-])ccc1OCC(O)CN1CCCCC1. The number of non-ortho nitro benzene ring substituents is 1. The second-order valence-electron chi connectivity index (χ2n) is 5.31. The first-order valence-electron chi connectivity index (χ1n) is 7.13. The minimum atomic E-state index is -0.599. The van der Waals surface area contributed by atoms with Gasteiger partial charge in [0.25, 0.3) is 5.69 Å². The molecule has 0 radical (unpaired) electrons. The average Bonchev–Trinajstić information content (AvgIpc) is 2.47. The van der Waals surface area contributed by atoms with Crippen LogP contribution in [0.2, 0.25) is 0 Å². The molecule has 1 atom stereocenters. The van der Waals surface area contributed by atoms with E-state index in [1.54, 1.807) is 0 Å². The molecule has 124 valence electrons. The van der Waals surface area contributed by atoms with E-state index >= 15 is 0 Å². The third-order valence-corrected chi connectivity index (χ3v) is 3.55. The lowest BCUT2D eigenvalue weighted by atomic mass is 10.1. The number of β-amino-alcohol motifs (C(OH)–C–C–N with tert-alkyl or cyclic N) is 1. The van der Waals surface area contributed by atoms with E-state index in [0.29, 0.717) is 12.3 Å². The molecule has 8 heteroatoms. The summed E-state index contributed by atoms with van der Waals surface area (Å²) >= 11 is 0. The molecule has 1 aromatic carbocycles. The molecule has 1 aliphatic rings. The van der Waals surface area contributed by atoms with Gasteiger partial charge in [0.15, 0.2) is 0 Å². The quantitative estimate of drug-likeness (QED) is 0.468. The van der Waals surface area contributed by atoms with Crippen LogP contribution in [0.1, 0.15) is 19.3 Å². The molecule has 0 aromatic heterocycles.